The third-order valence-corrected chi connectivity index (χ3v) is 6.89. The third kappa shape index (κ3) is 13.5. The van der Waals surface area contributed by atoms with Crippen LogP contribution in [0.5, 0.6) is 0 Å². The first-order valence-corrected chi connectivity index (χ1v) is 15.3. The largest absolute Gasteiger partial charge is 0.445 e. The zero-order valence-electron chi connectivity index (χ0n) is 23.6. The summed E-state index contributed by atoms with van der Waals surface area (Å²) in [6, 6.07) is 7.98. The lowest BCUT2D eigenvalue weighted by Gasteiger charge is -2.39. The smallest absolute Gasteiger partial charge is 0.418 e. The number of alkyl carbamates (subject to hydrolysis) is 1. The predicted octanol–water partition coefficient (Wildman–Crippen LogP) is 4.86. The highest BCUT2D eigenvalue weighted by Gasteiger charge is 2.41. The Morgan fingerprint density at radius 2 is 1.42 bits per heavy atom. The fourth-order valence-electron chi connectivity index (χ4n) is 4.24. The van der Waals surface area contributed by atoms with Crippen LogP contribution in [0.3, 0.4) is 0 Å². The van der Waals surface area contributed by atoms with E-state index >= 15 is 0 Å². The van der Waals surface area contributed by atoms with Gasteiger partial charge in [0.25, 0.3) is 5.91 Å². The maximum absolute atomic E-state index is 11.4. The van der Waals surface area contributed by atoms with Crippen LogP contribution in [0.15, 0.2) is 30.3 Å². The van der Waals surface area contributed by atoms with E-state index in [1.807, 2.05) is 6.07 Å². The van der Waals surface area contributed by atoms with Crippen molar-refractivity contribution in [3.63, 3.8) is 0 Å². The normalized spacial score (nSPS) is 15.3. The number of nitrogens with zero attached hydrogens (tertiary/aromatic N) is 2. The summed E-state index contributed by atoms with van der Waals surface area (Å²) < 4.78 is 39.4. The number of ether oxygens (including phenoxy) is 1. The number of nitrogens with one attached hydrogen (secondary N) is 1. The Hall–Kier alpha value is -2.21. The molecule has 2 amide bonds. The summed E-state index contributed by atoms with van der Waals surface area (Å²) in [7, 11) is -4.75. The summed E-state index contributed by atoms with van der Waals surface area (Å²) in [5.74, 6) is -0.802. The minimum atomic E-state index is -4.75. The molecular weight excluding hydrogens is 510 g/mol. The molecule has 2 N–H and O–H groups in total. The summed E-state index contributed by atoms with van der Waals surface area (Å²) in [6.45, 7) is 14.8. The Morgan fingerprint density at radius 1 is 0.947 bits per heavy atom. The van der Waals surface area contributed by atoms with Crippen LogP contribution in [0.4, 0.5) is 4.79 Å². The fourth-order valence-corrected chi connectivity index (χ4v) is 4.60. The van der Waals surface area contributed by atoms with Crippen molar-refractivity contribution in [1.29, 1.82) is 0 Å². The van der Waals surface area contributed by atoms with Gasteiger partial charge < -0.3 is 14.5 Å². The second kappa shape index (κ2) is 18.1. The van der Waals surface area contributed by atoms with Crippen LogP contribution < -0.4 is 5.32 Å². The molecule has 0 aromatic heterocycles. The molecule has 218 valence electrons. The number of carbonyl (C=O) groups is 2. The van der Waals surface area contributed by atoms with Gasteiger partial charge in [-0.3, -0.25) is 9.35 Å². The van der Waals surface area contributed by atoms with Gasteiger partial charge in [0, 0.05) is 0 Å². The van der Waals surface area contributed by atoms with Gasteiger partial charge in [0.1, 0.15) is 12.6 Å². The van der Waals surface area contributed by atoms with Gasteiger partial charge in [0.2, 0.25) is 0 Å². The second-order valence-corrected chi connectivity index (χ2v) is 10.8. The number of benzene rings is 1. The number of carbonyl (C=O) groups excluding carboxylic acids is 2. The van der Waals surface area contributed by atoms with E-state index in [1.54, 1.807) is 24.3 Å². The Balaban J connectivity index is 0.000000391. The average molecular weight is 559 g/mol. The van der Waals surface area contributed by atoms with E-state index in [2.05, 4.69) is 37.3 Å². The standard InChI is InChI=1S/C16H36N.C11H12N2O7S/c1-5-9-13-17(14-10-6-2,15-11-7-3)16-12-8-4;14-10-9(6-13(10)20-21(16,17)18)12-11(15)19-7-8-4-2-1-3-5-8/h5-16H2,1-4H3;1-5,9H,6-7H2,(H,12,15)(H,16,17,18)/q+1;. The van der Waals surface area contributed by atoms with Gasteiger partial charge in [0.15, 0.2) is 0 Å². The molecule has 0 spiro atoms. The average Bonchev–Trinajstić information content (AvgIpc) is 2.90. The minimum Gasteiger partial charge on any atom is -0.445 e. The number of quaternary nitrogens is 1. The van der Waals surface area contributed by atoms with E-state index in [1.165, 1.54) is 82.0 Å². The summed E-state index contributed by atoms with van der Waals surface area (Å²) in [6.07, 6.45) is 10.2. The number of hydroxylamine groups is 2. The first-order valence-electron chi connectivity index (χ1n) is 13.9. The topological polar surface area (TPSA) is 122 Å². The van der Waals surface area contributed by atoms with E-state index in [0.717, 1.165) is 5.56 Å². The molecule has 1 aromatic carbocycles. The maximum atomic E-state index is 11.4. The molecule has 10 nitrogen and oxygen atoms in total. The van der Waals surface area contributed by atoms with Crippen molar-refractivity contribution < 1.29 is 36.1 Å². The molecule has 2 rings (SSSR count). The molecule has 1 aliphatic rings. The molecule has 1 saturated heterocycles. The van der Waals surface area contributed by atoms with Crippen LogP contribution in [0.25, 0.3) is 0 Å². The summed E-state index contributed by atoms with van der Waals surface area (Å²) in [4.78, 5) is 22.8. The Kier molecular flexibility index (Phi) is 16.1. The van der Waals surface area contributed by atoms with Gasteiger partial charge in [0.05, 0.1) is 32.7 Å². The van der Waals surface area contributed by atoms with Gasteiger partial charge in [-0.2, -0.15) is 13.5 Å². The van der Waals surface area contributed by atoms with E-state index in [4.69, 9.17) is 9.29 Å². The van der Waals surface area contributed by atoms with Crippen molar-refractivity contribution in [1.82, 2.24) is 10.4 Å². The van der Waals surface area contributed by atoms with Crippen molar-refractivity contribution in [2.75, 3.05) is 32.7 Å². The number of β-lactam (4-membered cyclic amide) rings is 1. The highest BCUT2D eigenvalue weighted by atomic mass is 32.3. The molecule has 1 heterocycles. The molecule has 11 heteroatoms. The predicted molar refractivity (Wildman–Crippen MR) is 147 cm³/mol. The molecular formula is C27H48N3O7S+. The van der Waals surface area contributed by atoms with Gasteiger partial charge >= 0.3 is 16.5 Å². The molecule has 1 fully saturated rings. The SMILES string of the molecule is CCCC[N+](CCCC)(CCCC)CCCC.O=C(NC1CN(OS(=O)(=O)O)C1=O)OCc1ccccc1. The van der Waals surface area contributed by atoms with Gasteiger partial charge in [-0.15, -0.1) is 4.28 Å². The summed E-state index contributed by atoms with van der Waals surface area (Å²) in [5.41, 5.74) is 0.781. The van der Waals surface area contributed by atoms with Crippen LogP contribution in [-0.4, -0.2) is 73.3 Å². The van der Waals surface area contributed by atoms with Gasteiger partial charge in [-0.25, -0.2) is 4.79 Å². The zero-order valence-corrected chi connectivity index (χ0v) is 24.4. The lowest BCUT2D eigenvalue weighted by Crippen LogP contribution is -2.63. The molecule has 1 unspecified atom stereocenters. The monoisotopic (exact) mass is 558 g/mol. The molecule has 0 aliphatic carbocycles. The van der Waals surface area contributed by atoms with E-state index < -0.39 is 28.4 Å². The molecule has 0 bridgehead atoms. The van der Waals surface area contributed by atoms with Crippen LogP contribution >= 0.6 is 0 Å². The summed E-state index contributed by atoms with van der Waals surface area (Å²) in [5, 5.41) is 2.66. The zero-order chi connectivity index (χ0) is 28.4. The number of hydrogen-bond donors (Lipinski definition) is 2. The number of rotatable bonds is 17. The van der Waals surface area contributed by atoms with Crippen molar-refractivity contribution in [3.05, 3.63) is 35.9 Å². The first kappa shape index (κ1) is 33.8. The molecule has 1 aromatic rings. The van der Waals surface area contributed by atoms with Crippen LogP contribution in [0.1, 0.15) is 84.6 Å². The van der Waals surface area contributed by atoms with E-state index in [-0.39, 0.29) is 13.2 Å². The lowest BCUT2D eigenvalue weighted by molar-refractivity contribution is -0.929. The number of hydrogen-bond acceptors (Lipinski definition) is 6. The third-order valence-electron chi connectivity index (χ3n) is 6.53. The molecule has 0 saturated carbocycles. The molecule has 1 atom stereocenters. The molecule has 38 heavy (non-hydrogen) atoms. The Bertz CT molecular complexity index is 875. The van der Waals surface area contributed by atoms with Crippen molar-refractivity contribution in [3.8, 4) is 0 Å². The lowest BCUT2D eigenvalue weighted by atomic mass is 10.1. The Morgan fingerprint density at radius 3 is 1.82 bits per heavy atom. The number of unbranched alkanes of at least 4 members (excludes halogenated alkanes) is 4. The van der Waals surface area contributed by atoms with Crippen LogP contribution in [0.2, 0.25) is 0 Å². The summed E-state index contributed by atoms with van der Waals surface area (Å²) >= 11 is 0. The molecule has 0 radical (unpaired) electrons. The minimum absolute atomic E-state index is 0.0405. The van der Waals surface area contributed by atoms with E-state index in [9.17, 15) is 18.0 Å². The van der Waals surface area contributed by atoms with Crippen molar-refractivity contribution >= 4 is 22.4 Å². The van der Waals surface area contributed by atoms with Crippen LogP contribution in [-0.2, 0) is 30.8 Å². The Labute approximate surface area is 229 Å². The molecule has 1 aliphatic heterocycles. The number of amides is 2. The van der Waals surface area contributed by atoms with Crippen molar-refractivity contribution in [2.24, 2.45) is 0 Å². The highest BCUT2D eigenvalue weighted by Crippen LogP contribution is 2.16. The van der Waals surface area contributed by atoms with Gasteiger partial charge in [-0.1, -0.05) is 83.7 Å². The first-order chi connectivity index (χ1) is 18.1. The van der Waals surface area contributed by atoms with Gasteiger partial charge in [-0.05, 0) is 31.2 Å². The van der Waals surface area contributed by atoms with Crippen LogP contribution in [0, 0.1) is 0 Å². The maximum Gasteiger partial charge on any atom is 0.418 e. The van der Waals surface area contributed by atoms with E-state index in [0.29, 0.717) is 5.06 Å². The van der Waals surface area contributed by atoms with Crippen molar-refractivity contribution in [2.45, 2.75) is 91.7 Å². The second-order valence-electron chi connectivity index (χ2n) is 9.81. The quantitative estimate of drug-likeness (QED) is 0.159. The highest BCUT2D eigenvalue weighted by molar-refractivity contribution is 7.80. The fraction of sp³-hybridized carbons (Fsp3) is 0.704.